The van der Waals surface area contributed by atoms with Gasteiger partial charge in [-0.1, -0.05) is 12.8 Å². The van der Waals surface area contributed by atoms with E-state index in [-0.39, 0.29) is 0 Å². The predicted octanol–water partition coefficient (Wildman–Crippen LogP) is 4.20. The zero-order chi connectivity index (χ0) is 13.2. The summed E-state index contributed by atoms with van der Waals surface area (Å²) in [6.45, 7) is 0. The molecule has 0 radical (unpaired) electrons. The molecule has 1 aromatic heterocycles. The zero-order valence-corrected chi connectivity index (χ0v) is 13.6. The summed E-state index contributed by atoms with van der Waals surface area (Å²) in [4.78, 5) is 9.19. The number of anilines is 1. The summed E-state index contributed by atoms with van der Waals surface area (Å²) >= 11 is 5.49. The lowest BCUT2D eigenvalue weighted by atomic mass is 9.95. The molecule has 1 aromatic rings. The summed E-state index contributed by atoms with van der Waals surface area (Å²) in [5.74, 6) is 2.60. The molecule has 3 rings (SSSR count). The van der Waals surface area contributed by atoms with Crippen LogP contribution in [0.1, 0.15) is 50.3 Å². The maximum atomic E-state index is 4.70. The standard InChI is InChI=1S/C14H20BrN3S/c1-19-11-5-3-2-4-10(11)16-13-8-12(15)17-14(18-13)9-6-7-9/h8-11H,2-7H2,1H3,(H,16,17,18). The number of rotatable bonds is 4. The van der Waals surface area contributed by atoms with E-state index in [2.05, 4.69) is 32.5 Å². The number of nitrogens with one attached hydrogen (secondary N) is 1. The van der Waals surface area contributed by atoms with Gasteiger partial charge in [-0.2, -0.15) is 11.8 Å². The van der Waals surface area contributed by atoms with E-state index in [9.17, 15) is 0 Å². The second-order valence-electron chi connectivity index (χ2n) is 5.52. The summed E-state index contributed by atoms with van der Waals surface area (Å²) in [6.07, 6.45) is 9.98. The van der Waals surface area contributed by atoms with Crippen molar-refractivity contribution in [2.45, 2.75) is 55.7 Å². The van der Waals surface area contributed by atoms with Gasteiger partial charge in [-0.15, -0.1) is 0 Å². The Morgan fingerprint density at radius 3 is 2.74 bits per heavy atom. The fourth-order valence-electron chi connectivity index (χ4n) is 2.77. The van der Waals surface area contributed by atoms with E-state index >= 15 is 0 Å². The molecule has 2 unspecified atom stereocenters. The molecule has 19 heavy (non-hydrogen) atoms. The first kappa shape index (κ1) is 13.7. The van der Waals surface area contributed by atoms with Crippen LogP contribution in [-0.2, 0) is 0 Å². The van der Waals surface area contributed by atoms with Gasteiger partial charge in [0, 0.05) is 23.3 Å². The predicted molar refractivity (Wildman–Crippen MR) is 84.9 cm³/mol. The number of hydrogen-bond donors (Lipinski definition) is 1. The average Bonchev–Trinajstić information content (AvgIpc) is 3.23. The molecule has 5 heteroatoms. The minimum atomic E-state index is 0.553. The van der Waals surface area contributed by atoms with Gasteiger partial charge in [0.05, 0.1) is 0 Å². The summed E-state index contributed by atoms with van der Waals surface area (Å²) in [5, 5.41) is 4.36. The molecule has 1 heterocycles. The number of aromatic nitrogens is 2. The Balaban J connectivity index is 1.74. The Hall–Kier alpha value is -0.290. The summed E-state index contributed by atoms with van der Waals surface area (Å²) < 4.78 is 0.906. The Morgan fingerprint density at radius 2 is 2.00 bits per heavy atom. The van der Waals surface area contributed by atoms with Gasteiger partial charge in [0.1, 0.15) is 16.2 Å². The van der Waals surface area contributed by atoms with Crippen molar-refractivity contribution in [3.8, 4) is 0 Å². The van der Waals surface area contributed by atoms with Gasteiger partial charge < -0.3 is 5.32 Å². The zero-order valence-electron chi connectivity index (χ0n) is 11.2. The minimum absolute atomic E-state index is 0.553. The van der Waals surface area contributed by atoms with Crippen LogP contribution in [-0.4, -0.2) is 27.5 Å². The van der Waals surface area contributed by atoms with Crippen LogP contribution >= 0.6 is 27.7 Å². The van der Waals surface area contributed by atoms with Gasteiger partial charge in [-0.25, -0.2) is 9.97 Å². The number of nitrogens with zero attached hydrogens (tertiary/aromatic N) is 2. The molecule has 2 saturated carbocycles. The molecule has 0 saturated heterocycles. The lowest BCUT2D eigenvalue weighted by Gasteiger charge is -2.31. The van der Waals surface area contributed by atoms with Gasteiger partial charge in [0.2, 0.25) is 0 Å². The van der Waals surface area contributed by atoms with E-state index in [1.807, 2.05) is 17.8 Å². The molecular weight excluding hydrogens is 322 g/mol. The maximum absolute atomic E-state index is 4.70. The highest BCUT2D eigenvalue weighted by molar-refractivity contribution is 9.10. The summed E-state index contributed by atoms with van der Waals surface area (Å²) in [5.41, 5.74) is 0. The summed E-state index contributed by atoms with van der Waals surface area (Å²) in [7, 11) is 0. The minimum Gasteiger partial charge on any atom is -0.366 e. The van der Waals surface area contributed by atoms with Crippen molar-refractivity contribution in [2.75, 3.05) is 11.6 Å². The Kier molecular flexibility index (Phi) is 4.32. The third kappa shape index (κ3) is 3.43. The average molecular weight is 342 g/mol. The van der Waals surface area contributed by atoms with E-state index in [1.54, 1.807) is 0 Å². The van der Waals surface area contributed by atoms with Gasteiger partial charge in [0.25, 0.3) is 0 Å². The monoisotopic (exact) mass is 341 g/mol. The normalized spacial score (nSPS) is 27.3. The maximum Gasteiger partial charge on any atom is 0.135 e. The number of halogens is 1. The molecule has 2 aliphatic carbocycles. The van der Waals surface area contributed by atoms with Crippen molar-refractivity contribution in [3.05, 3.63) is 16.5 Å². The largest absolute Gasteiger partial charge is 0.366 e. The lowest BCUT2D eigenvalue weighted by Crippen LogP contribution is -2.34. The van der Waals surface area contributed by atoms with E-state index in [0.717, 1.165) is 16.2 Å². The first-order valence-corrected chi connectivity index (χ1v) is 9.18. The van der Waals surface area contributed by atoms with E-state index in [1.165, 1.54) is 38.5 Å². The smallest absolute Gasteiger partial charge is 0.135 e. The Morgan fingerprint density at radius 1 is 1.21 bits per heavy atom. The number of hydrogen-bond acceptors (Lipinski definition) is 4. The van der Waals surface area contributed by atoms with Crippen LogP contribution in [0.25, 0.3) is 0 Å². The van der Waals surface area contributed by atoms with Crippen LogP contribution in [0.2, 0.25) is 0 Å². The lowest BCUT2D eigenvalue weighted by molar-refractivity contribution is 0.474. The fourth-order valence-corrected chi connectivity index (χ4v) is 4.10. The van der Waals surface area contributed by atoms with Crippen molar-refractivity contribution < 1.29 is 0 Å². The third-order valence-corrected chi connectivity index (χ3v) is 5.57. The highest BCUT2D eigenvalue weighted by atomic mass is 79.9. The molecule has 2 aliphatic rings. The third-order valence-electron chi connectivity index (χ3n) is 3.99. The van der Waals surface area contributed by atoms with Crippen molar-refractivity contribution >= 4 is 33.5 Å². The van der Waals surface area contributed by atoms with E-state index in [4.69, 9.17) is 4.98 Å². The molecule has 0 amide bonds. The molecule has 0 bridgehead atoms. The van der Waals surface area contributed by atoms with E-state index in [0.29, 0.717) is 17.2 Å². The van der Waals surface area contributed by atoms with Gasteiger partial charge in [0.15, 0.2) is 0 Å². The van der Waals surface area contributed by atoms with Crippen LogP contribution in [0.15, 0.2) is 10.7 Å². The van der Waals surface area contributed by atoms with Crippen LogP contribution in [0.3, 0.4) is 0 Å². The Labute approximate surface area is 127 Å². The van der Waals surface area contributed by atoms with E-state index < -0.39 is 0 Å². The molecule has 2 fully saturated rings. The SMILES string of the molecule is CSC1CCCCC1Nc1cc(Br)nc(C2CC2)n1. The molecule has 1 N–H and O–H groups in total. The first-order valence-electron chi connectivity index (χ1n) is 7.10. The fraction of sp³-hybridized carbons (Fsp3) is 0.714. The van der Waals surface area contributed by atoms with Crippen LogP contribution in [0.4, 0.5) is 5.82 Å². The van der Waals surface area contributed by atoms with Crippen molar-refractivity contribution in [1.82, 2.24) is 9.97 Å². The molecule has 0 aliphatic heterocycles. The van der Waals surface area contributed by atoms with Crippen LogP contribution in [0, 0.1) is 0 Å². The van der Waals surface area contributed by atoms with Crippen molar-refractivity contribution in [2.24, 2.45) is 0 Å². The molecule has 0 spiro atoms. The summed E-state index contributed by atoms with van der Waals surface area (Å²) in [6, 6.07) is 2.57. The highest BCUT2D eigenvalue weighted by Gasteiger charge is 2.28. The molecule has 3 nitrogen and oxygen atoms in total. The quantitative estimate of drug-likeness (QED) is 0.832. The number of thioether (sulfide) groups is 1. The van der Waals surface area contributed by atoms with Crippen LogP contribution < -0.4 is 5.32 Å². The van der Waals surface area contributed by atoms with Gasteiger partial charge >= 0.3 is 0 Å². The molecule has 2 atom stereocenters. The Bertz CT molecular complexity index is 450. The second kappa shape index (κ2) is 6.00. The molecular formula is C14H20BrN3S. The molecule has 0 aromatic carbocycles. The van der Waals surface area contributed by atoms with Gasteiger partial charge in [-0.3, -0.25) is 0 Å². The van der Waals surface area contributed by atoms with Crippen molar-refractivity contribution in [1.29, 1.82) is 0 Å². The van der Waals surface area contributed by atoms with Crippen LogP contribution in [0.5, 0.6) is 0 Å². The molecule has 104 valence electrons. The highest BCUT2D eigenvalue weighted by Crippen LogP contribution is 2.39. The topological polar surface area (TPSA) is 37.8 Å². The van der Waals surface area contributed by atoms with Crippen molar-refractivity contribution in [3.63, 3.8) is 0 Å². The first-order chi connectivity index (χ1) is 9.26. The second-order valence-corrected chi connectivity index (χ2v) is 7.41. The van der Waals surface area contributed by atoms with Gasteiger partial charge in [-0.05, 0) is 47.9 Å².